The van der Waals surface area contributed by atoms with Crippen LogP contribution in [-0.2, 0) is 9.53 Å². The van der Waals surface area contributed by atoms with Crippen LogP contribution in [0.5, 0.6) is 0 Å². The Morgan fingerprint density at radius 2 is 2.18 bits per heavy atom. The molecule has 2 aliphatic heterocycles. The van der Waals surface area contributed by atoms with Crippen molar-refractivity contribution in [1.29, 1.82) is 0 Å². The van der Waals surface area contributed by atoms with Gasteiger partial charge in [-0.3, -0.25) is 4.79 Å². The molecule has 4 nitrogen and oxygen atoms in total. The minimum absolute atomic E-state index is 0.115. The number of piperidine rings is 1. The maximum Gasteiger partial charge on any atom is 0.239 e. The van der Waals surface area contributed by atoms with Crippen molar-refractivity contribution in [3.8, 4) is 0 Å². The fourth-order valence-electron chi connectivity index (χ4n) is 2.78. The summed E-state index contributed by atoms with van der Waals surface area (Å²) in [5, 5.41) is 0. The topological polar surface area (TPSA) is 55.6 Å². The van der Waals surface area contributed by atoms with Crippen molar-refractivity contribution >= 4 is 5.91 Å². The van der Waals surface area contributed by atoms with Crippen LogP contribution in [0.15, 0.2) is 0 Å². The molecule has 2 saturated heterocycles. The molecule has 3 atom stereocenters. The highest BCUT2D eigenvalue weighted by atomic mass is 16.5. The number of carbonyl (C=O) groups is 1. The Morgan fingerprint density at radius 1 is 1.41 bits per heavy atom. The lowest BCUT2D eigenvalue weighted by Gasteiger charge is -2.42. The van der Waals surface area contributed by atoms with Crippen LogP contribution in [0.3, 0.4) is 0 Å². The number of fused-ring (bicyclic) bond motifs is 1. The molecule has 0 unspecified atom stereocenters. The third-order valence-electron chi connectivity index (χ3n) is 4.03. The molecule has 4 heteroatoms. The van der Waals surface area contributed by atoms with Crippen molar-refractivity contribution in [2.24, 2.45) is 17.6 Å². The van der Waals surface area contributed by atoms with Crippen LogP contribution in [0.25, 0.3) is 0 Å². The number of likely N-dealkylation sites (tertiary alicyclic amines) is 1. The van der Waals surface area contributed by atoms with Crippen LogP contribution < -0.4 is 5.73 Å². The van der Waals surface area contributed by atoms with E-state index in [0.717, 1.165) is 32.5 Å². The summed E-state index contributed by atoms with van der Waals surface area (Å²) in [5.41, 5.74) is 5.94. The highest BCUT2D eigenvalue weighted by Gasteiger charge is 2.35. The number of rotatable bonds is 2. The Labute approximate surface area is 103 Å². The number of ether oxygens (including phenoxy) is 1. The Balaban J connectivity index is 1.93. The van der Waals surface area contributed by atoms with Gasteiger partial charge in [-0.2, -0.15) is 0 Å². The normalized spacial score (nSPS) is 31.2. The molecule has 2 aliphatic rings. The molecule has 0 aromatic carbocycles. The number of amides is 1. The maximum atomic E-state index is 12.2. The van der Waals surface area contributed by atoms with Crippen molar-refractivity contribution < 1.29 is 9.53 Å². The van der Waals surface area contributed by atoms with Crippen molar-refractivity contribution in [1.82, 2.24) is 4.90 Å². The second kappa shape index (κ2) is 5.36. The Morgan fingerprint density at radius 3 is 2.88 bits per heavy atom. The molecule has 1 amide bonds. The number of hydrogen-bond acceptors (Lipinski definition) is 3. The number of nitrogens with two attached hydrogens (primary N) is 1. The van der Waals surface area contributed by atoms with E-state index < -0.39 is 0 Å². The van der Waals surface area contributed by atoms with Gasteiger partial charge in [0.15, 0.2) is 0 Å². The molecule has 17 heavy (non-hydrogen) atoms. The molecular weight excluding hydrogens is 216 g/mol. The molecule has 0 aromatic heterocycles. The minimum atomic E-state index is -0.351. The van der Waals surface area contributed by atoms with Crippen LogP contribution in [0.4, 0.5) is 0 Å². The number of hydrogen-bond donors (Lipinski definition) is 1. The summed E-state index contributed by atoms with van der Waals surface area (Å²) in [6, 6.07) is -0.351. The van der Waals surface area contributed by atoms with Gasteiger partial charge in [-0.25, -0.2) is 0 Å². The fourth-order valence-corrected chi connectivity index (χ4v) is 2.78. The van der Waals surface area contributed by atoms with Gasteiger partial charge in [0.2, 0.25) is 5.91 Å². The first kappa shape index (κ1) is 12.8. The monoisotopic (exact) mass is 240 g/mol. The lowest BCUT2D eigenvalue weighted by atomic mass is 9.88. The highest BCUT2D eigenvalue weighted by molar-refractivity contribution is 5.82. The van der Waals surface area contributed by atoms with E-state index >= 15 is 0 Å². The van der Waals surface area contributed by atoms with Gasteiger partial charge in [-0.1, -0.05) is 13.8 Å². The quantitative estimate of drug-likeness (QED) is 0.783. The van der Waals surface area contributed by atoms with E-state index in [1.54, 1.807) is 0 Å². The van der Waals surface area contributed by atoms with Crippen LogP contribution in [-0.4, -0.2) is 42.6 Å². The Hall–Kier alpha value is -0.610. The third kappa shape index (κ3) is 2.80. The molecule has 0 spiro atoms. The highest BCUT2D eigenvalue weighted by Crippen LogP contribution is 2.28. The van der Waals surface area contributed by atoms with Crippen LogP contribution in [0.1, 0.15) is 33.1 Å². The van der Waals surface area contributed by atoms with E-state index in [1.807, 2.05) is 18.7 Å². The molecule has 0 aromatic rings. The summed E-state index contributed by atoms with van der Waals surface area (Å²) in [6.07, 6.45) is 3.66. The van der Waals surface area contributed by atoms with Gasteiger partial charge in [0.1, 0.15) is 0 Å². The first-order valence-corrected chi connectivity index (χ1v) is 6.75. The number of nitrogens with zero attached hydrogens (tertiary/aromatic N) is 1. The van der Waals surface area contributed by atoms with E-state index in [9.17, 15) is 4.79 Å². The standard InChI is InChI=1S/C13H24N2O2/c1-9(2)12(14)13(16)15-6-5-11-10(8-15)4-3-7-17-11/h9-12H,3-8,14H2,1-2H3/t10-,11-,12-/m0/s1. The van der Waals surface area contributed by atoms with Crippen molar-refractivity contribution in [2.45, 2.75) is 45.3 Å². The Bertz CT molecular complexity index is 281. The summed E-state index contributed by atoms with van der Waals surface area (Å²) in [6.45, 7) is 6.53. The van der Waals surface area contributed by atoms with Gasteiger partial charge in [0, 0.05) is 25.6 Å². The fraction of sp³-hybridized carbons (Fsp3) is 0.923. The summed E-state index contributed by atoms with van der Waals surface area (Å²) in [5.74, 6) is 0.854. The predicted molar refractivity (Wildman–Crippen MR) is 66.5 cm³/mol. The largest absolute Gasteiger partial charge is 0.378 e. The SMILES string of the molecule is CC(C)[C@H](N)C(=O)N1CC[C@@H]2OCCC[C@H]2C1. The smallest absolute Gasteiger partial charge is 0.239 e. The zero-order valence-corrected chi connectivity index (χ0v) is 10.9. The molecular formula is C13H24N2O2. The van der Waals surface area contributed by atoms with Gasteiger partial charge in [-0.05, 0) is 25.2 Å². The van der Waals surface area contributed by atoms with E-state index in [1.165, 1.54) is 6.42 Å². The lowest BCUT2D eigenvalue weighted by Crippen LogP contribution is -2.53. The maximum absolute atomic E-state index is 12.2. The zero-order chi connectivity index (χ0) is 12.4. The van der Waals surface area contributed by atoms with E-state index in [2.05, 4.69) is 0 Å². The molecule has 0 aliphatic carbocycles. The minimum Gasteiger partial charge on any atom is -0.378 e. The molecule has 2 heterocycles. The molecule has 0 saturated carbocycles. The van der Waals surface area contributed by atoms with Crippen LogP contribution >= 0.6 is 0 Å². The molecule has 0 radical (unpaired) electrons. The van der Waals surface area contributed by atoms with Crippen molar-refractivity contribution in [3.05, 3.63) is 0 Å². The van der Waals surface area contributed by atoms with Crippen molar-refractivity contribution in [2.75, 3.05) is 19.7 Å². The van der Waals surface area contributed by atoms with E-state index in [-0.39, 0.29) is 17.9 Å². The van der Waals surface area contributed by atoms with Crippen LogP contribution in [0.2, 0.25) is 0 Å². The average molecular weight is 240 g/mol. The van der Waals surface area contributed by atoms with E-state index in [4.69, 9.17) is 10.5 Å². The van der Waals surface area contributed by atoms with Gasteiger partial charge >= 0.3 is 0 Å². The van der Waals surface area contributed by atoms with Gasteiger partial charge in [0.25, 0.3) is 0 Å². The predicted octanol–water partition coefficient (Wildman–Crippen LogP) is 0.997. The first-order valence-electron chi connectivity index (χ1n) is 6.75. The summed E-state index contributed by atoms with van der Waals surface area (Å²) >= 11 is 0. The average Bonchev–Trinajstić information content (AvgIpc) is 2.36. The van der Waals surface area contributed by atoms with Gasteiger partial charge < -0.3 is 15.4 Å². The van der Waals surface area contributed by atoms with Crippen LogP contribution in [0, 0.1) is 11.8 Å². The lowest BCUT2D eigenvalue weighted by molar-refractivity contribution is -0.140. The summed E-state index contributed by atoms with van der Waals surface area (Å²) in [4.78, 5) is 14.1. The molecule has 2 N–H and O–H groups in total. The van der Waals surface area contributed by atoms with Gasteiger partial charge in [0.05, 0.1) is 12.1 Å². The molecule has 98 valence electrons. The number of carbonyl (C=O) groups excluding carboxylic acids is 1. The Kier molecular flexibility index (Phi) is 4.05. The summed E-state index contributed by atoms with van der Waals surface area (Å²) < 4.78 is 5.75. The second-order valence-corrected chi connectivity index (χ2v) is 5.65. The van der Waals surface area contributed by atoms with E-state index in [0.29, 0.717) is 12.0 Å². The zero-order valence-electron chi connectivity index (χ0n) is 10.9. The molecule has 2 fully saturated rings. The second-order valence-electron chi connectivity index (χ2n) is 5.65. The van der Waals surface area contributed by atoms with Crippen molar-refractivity contribution in [3.63, 3.8) is 0 Å². The molecule has 2 rings (SSSR count). The summed E-state index contributed by atoms with van der Waals surface area (Å²) in [7, 11) is 0. The van der Waals surface area contributed by atoms with Gasteiger partial charge in [-0.15, -0.1) is 0 Å². The first-order chi connectivity index (χ1) is 8.09. The third-order valence-corrected chi connectivity index (χ3v) is 4.03. The molecule has 0 bridgehead atoms.